The highest BCUT2D eigenvalue weighted by molar-refractivity contribution is 5.83. The lowest BCUT2D eigenvalue weighted by Gasteiger charge is -2.19. The van der Waals surface area contributed by atoms with Crippen molar-refractivity contribution in [3.05, 3.63) is 0 Å². The van der Waals surface area contributed by atoms with Crippen molar-refractivity contribution in [1.82, 2.24) is 10.2 Å². The van der Waals surface area contributed by atoms with Gasteiger partial charge in [-0.15, -0.1) is 0 Å². The van der Waals surface area contributed by atoms with Gasteiger partial charge in [-0.1, -0.05) is 13.8 Å². The van der Waals surface area contributed by atoms with Crippen molar-refractivity contribution in [3.8, 4) is 0 Å². The van der Waals surface area contributed by atoms with Gasteiger partial charge in [0.15, 0.2) is 0 Å². The first-order chi connectivity index (χ1) is 7.15. The Morgan fingerprint density at radius 1 is 1.60 bits per heavy atom. The van der Waals surface area contributed by atoms with E-state index in [1.807, 2.05) is 0 Å². The molecule has 1 unspecified atom stereocenters. The van der Waals surface area contributed by atoms with Gasteiger partial charge >= 0.3 is 0 Å². The zero-order valence-electron chi connectivity index (χ0n) is 9.53. The maximum absolute atomic E-state index is 11.7. The molecule has 1 saturated heterocycles. The van der Waals surface area contributed by atoms with Gasteiger partial charge in [0, 0.05) is 13.1 Å². The Hall–Kier alpha value is -1.06. The molecule has 0 spiro atoms. The predicted molar refractivity (Wildman–Crippen MR) is 58.3 cm³/mol. The second-order valence-corrected chi connectivity index (χ2v) is 4.47. The summed E-state index contributed by atoms with van der Waals surface area (Å²) in [4.78, 5) is 23.9. The molecule has 1 rings (SSSR count). The molecule has 1 atom stereocenters. The Morgan fingerprint density at radius 3 is 2.93 bits per heavy atom. The maximum atomic E-state index is 11.7. The number of nitrogens with zero attached hydrogens (tertiary/aromatic N) is 1. The van der Waals surface area contributed by atoms with Crippen molar-refractivity contribution in [2.45, 2.75) is 39.2 Å². The lowest BCUT2D eigenvalue weighted by atomic mass is 10.1. The van der Waals surface area contributed by atoms with E-state index in [4.69, 9.17) is 0 Å². The molecule has 0 aromatic heterocycles. The average molecular weight is 212 g/mol. The minimum absolute atomic E-state index is 0.000231. The molecule has 1 aliphatic rings. The van der Waals surface area contributed by atoms with E-state index >= 15 is 0 Å². The van der Waals surface area contributed by atoms with Crippen LogP contribution in [0.4, 0.5) is 0 Å². The first kappa shape index (κ1) is 12.0. The summed E-state index contributed by atoms with van der Waals surface area (Å²) in [6.07, 6.45) is 3.49. The highest BCUT2D eigenvalue weighted by atomic mass is 16.2. The molecule has 0 bridgehead atoms. The van der Waals surface area contributed by atoms with Crippen molar-refractivity contribution in [2.75, 3.05) is 13.1 Å². The standard InChI is InChI=1S/C11H20N2O2/c1-9(2)5-6-12-11(15)10-4-3-7-13(10)8-14/h8-10H,3-7H2,1-2H3,(H,12,15). The van der Waals surface area contributed by atoms with Gasteiger partial charge in [0.1, 0.15) is 6.04 Å². The van der Waals surface area contributed by atoms with Crippen LogP contribution in [0.15, 0.2) is 0 Å². The molecule has 1 aliphatic heterocycles. The molecule has 4 nitrogen and oxygen atoms in total. The molecular weight excluding hydrogens is 192 g/mol. The van der Waals surface area contributed by atoms with Crippen LogP contribution >= 0.6 is 0 Å². The summed E-state index contributed by atoms with van der Waals surface area (Å²) in [6.45, 7) is 5.67. The fourth-order valence-electron chi connectivity index (χ4n) is 1.80. The third-order valence-electron chi connectivity index (χ3n) is 2.75. The molecule has 0 aliphatic carbocycles. The van der Waals surface area contributed by atoms with Crippen LogP contribution in [-0.2, 0) is 9.59 Å². The molecule has 4 heteroatoms. The molecule has 1 N–H and O–H groups in total. The minimum Gasteiger partial charge on any atom is -0.354 e. The van der Waals surface area contributed by atoms with Crippen LogP contribution in [0.1, 0.15) is 33.1 Å². The number of hydrogen-bond donors (Lipinski definition) is 1. The van der Waals surface area contributed by atoms with Crippen LogP contribution < -0.4 is 5.32 Å². The number of carbonyl (C=O) groups excluding carboxylic acids is 2. The van der Waals surface area contributed by atoms with Crippen LogP contribution in [0.5, 0.6) is 0 Å². The number of carbonyl (C=O) groups is 2. The second-order valence-electron chi connectivity index (χ2n) is 4.47. The molecule has 0 aromatic rings. The number of amides is 2. The lowest BCUT2D eigenvalue weighted by molar-refractivity contribution is -0.131. The Morgan fingerprint density at radius 2 is 2.33 bits per heavy atom. The largest absolute Gasteiger partial charge is 0.354 e. The predicted octanol–water partition coefficient (Wildman–Crippen LogP) is 0.769. The Bertz CT molecular complexity index is 229. The van der Waals surface area contributed by atoms with Gasteiger partial charge < -0.3 is 10.2 Å². The number of nitrogens with one attached hydrogen (secondary N) is 1. The van der Waals surface area contributed by atoms with Gasteiger partial charge in [-0.25, -0.2) is 0 Å². The zero-order chi connectivity index (χ0) is 11.3. The highest BCUT2D eigenvalue weighted by Gasteiger charge is 2.28. The summed E-state index contributed by atoms with van der Waals surface area (Å²) in [5.41, 5.74) is 0. The third kappa shape index (κ3) is 3.53. The van der Waals surface area contributed by atoms with Crippen LogP contribution in [0.25, 0.3) is 0 Å². The average Bonchev–Trinajstić information content (AvgIpc) is 2.64. The van der Waals surface area contributed by atoms with E-state index in [0.717, 1.165) is 25.7 Å². The summed E-state index contributed by atoms with van der Waals surface area (Å²) in [5, 5.41) is 2.88. The van der Waals surface area contributed by atoms with Crippen molar-refractivity contribution in [3.63, 3.8) is 0 Å². The van der Waals surface area contributed by atoms with E-state index < -0.39 is 0 Å². The summed E-state index contributed by atoms with van der Waals surface area (Å²) < 4.78 is 0. The summed E-state index contributed by atoms with van der Waals surface area (Å²) in [6, 6.07) is -0.227. The van der Waals surface area contributed by atoms with Gasteiger partial charge in [-0.05, 0) is 25.2 Å². The van der Waals surface area contributed by atoms with E-state index in [0.29, 0.717) is 19.0 Å². The molecule has 1 fully saturated rings. The highest BCUT2D eigenvalue weighted by Crippen LogP contribution is 2.14. The van der Waals surface area contributed by atoms with Crippen molar-refractivity contribution < 1.29 is 9.59 Å². The Labute approximate surface area is 91.0 Å². The van der Waals surface area contributed by atoms with Gasteiger partial charge in [0.2, 0.25) is 12.3 Å². The fraction of sp³-hybridized carbons (Fsp3) is 0.818. The molecule has 15 heavy (non-hydrogen) atoms. The summed E-state index contributed by atoms with van der Waals surface area (Å²) in [7, 11) is 0. The quantitative estimate of drug-likeness (QED) is 0.684. The topological polar surface area (TPSA) is 49.4 Å². The monoisotopic (exact) mass is 212 g/mol. The molecule has 0 aromatic carbocycles. The van der Waals surface area contributed by atoms with E-state index in [-0.39, 0.29) is 11.9 Å². The Kier molecular flexibility index (Phi) is 4.59. The second kappa shape index (κ2) is 5.73. The lowest BCUT2D eigenvalue weighted by Crippen LogP contribution is -2.43. The van der Waals surface area contributed by atoms with Crippen molar-refractivity contribution in [2.24, 2.45) is 5.92 Å². The van der Waals surface area contributed by atoms with Crippen LogP contribution in [0.2, 0.25) is 0 Å². The maximum Gasteiger partial charge on any atom is 0.242 e. The van der Waals surface area contributed by atoms with Gasteiger partial charge in [-0.3, -0.25) is 9.59 Å². The van der Waals surface area contributed by atoms with Gasteiger partial charge in [0.25, 0.3) is 0 Å². The van der Waals surface area contributed by atoms with Crippen molar-refractivity contribution >= 4 is 12.3 Å². The first-order valence-corrected chi connectivity index (χ1v) is 5.64. The molecule has 1 heterocycles. The normalized spacial score (nSPS) is 20.7. The number of hydrogen-bond acceptors (Lipinski definition) is 2. The van der Waals surface area contributed by atoms with E-state index in [9.17, 15) is 9.59 Å². The third-order valence-corrected chi connectivity index (χ3v) is 2.75. The van der Waals surface area contributed by atoms with Gasteiger partial charge in [-0.2, -0.15) is 0 Å². The molecule has 2 amide bonds. The summed E-state index contributed by atoms with van der Waals surface area (Å²) >= 11 is 0. The van der Waals surface area contributed by atoms with Crippen LogP contribution in [0, 0.1) is 5.92 Å². The van der Waals surface area contributed by atoms with E-state index in [1.54, 1.807) is 4.90 Å². The van der Waals surface area contributed by atoms with E-state index in [1.165, 1.54) is 0 Å². The fourth-order valence-corrected chi connectivity index (χ4v) is 1.80. The van der Waals surface area contributed by atoms with Crippen LogP contribution in [-0.4, -0.2) is 36.3 Å². The van der Waals surface area contributed by atoms with Crippen LogP contribution in [0.3, 0.4) is 0 Å². The molecular formula is C11H20N2O2. The molecule has 0 saturated carbocycles. The van der Waals surface area contributed by atoms with Crippen molar-refractivity contribution in [1.29, 1.82) is 0 Å². The molecule has 0 radical (unpaired) electrons. The minimum atomic E-state index is -0.227. The SMILES string of the molecule is CC(C)CCNC(=O)C1CCCN1C=O. The van der Waals surface area contributed by atoms with E-state index in [2.05, 4.69) is 19.2 Å². The number of rotatable bonds is 5. The number of likely N-dealkylation sites (tertiary alicyclic amines) is 1. The first-order valence-electron chi connectivity index (χ1n) is 5.64. The zero-order valence-corrected chi connectivity index (χ0v) is 9.53. The summed E-state index contributed by atoms with van der Waals surface area (Å²) in [5.74, 6) is 0.594. The molecule has 86 valence electrons. The smallest absolute Gasteiger partial charge is 0.242 e. The Balaban J connectivity index is 2.30. The van der Waals surface area contributed by atoms with Gasteiger partial charge in [0.05, 0.1) is 0 Å².